The van der Waals surface area contributed by atoms with Crippen molar-refractivity contribution in [3.8, 4) is 17.0 Å². The Labute approximate surface area is 241 Å². The first-order valence-corrected chi connectivity index (χ1v) is 13.5. The SMILES string of the molecule is CO.COON1C2=C(C=CC1OCc1c(-c3c(Cl)cccc3Cl)noc1C1CC1)Oc1cc(C=O)ccc1CC2. The third-order valence-electron chi connectivity index (χ3n) is 6.79. The quantitative estimate of drug-likeness (QED) is 0.182. The van der Waals surface area contributed by atoms with E-state index in [0.29, 0.717) is 57.1 Å². The number of rotatable bonds is 8. The van der Waals surface area contributed by atoms with Crippen molar-refractivity contribution in [3.63, 3.8) is 0 Å². The average Bonchev–Trinajstić information content (AvgIpc) is 3.76. The highest BCUT2D eigenvalue weighted by Gasteiger charge is 2.35. The summed E-state index contributed by atoms with van der Waals surface area (Å²) in [4.78, 5) is 21.9. The van der Waals surface area contributed by atoms with E-state index in [4.69, 9.17) is 52.2 Å². The summed E-state index contributed by atoms with van der Waals surface area (Å²) in [6, 6.07) is 10.8. The predicted molar refractivity (Wildman–Crippen MR) is 148 cm³/mol. The molecule has 3 heterocycles. The average molecular weight is 587 g/mol. The lowest BCUT2D eigenvalue weighted by molar-refractivity contribution is -0.428. The second kappa shape index (κ2) is 12.6. The van der Waals surface area contributed by atoms with E-state index in [1.54, 1.807) is 35.4 Å². The monoisotopic (exact) mass is 586 g/mol. The fourth-order valence-corrected chi connectivity index (χ4v) is 5.33. The molecule has 1 aliphatic carbocycles. The Morgan fingerprint density at radius 2 is 1.93 bits per heavy atom. The number of carbonyl (C=O) groups excluding carboxylic acids is 1. The summed E-state index contributed by atoms with van der Waals surface area (Å²) in [5.41, 5.74) is 4.29. The van der Waals surface area contributed by atoms with E-state index >= 15 is 0 Å². The number of aliphatic hydroxyl groups excluding tert-OH is 1. The molecular formula is C29H28Cl2N2O7. The number of allylic oxidation sites excluding steroid dienone is 2. The number of aromatic nitrogens is 1. The van der Waals surface area contributed by atoms with Gasteiger partial charge in [0, 0.05) is 29.7 Å². The molecule has 0 radical (unpaired) electrons. The maximum Gasteiger partial charge on any atom is 0.176 e. The molecule has 0 saturated heterocycles. The molecule has 2 aliphatic heterocycles. The first kappa shape index (κ1) is 28.4. The van der Waals surface area contributed by atoms with Crippen LogP contribution >= 0.6 is 23.2 Å². The summed E-state index contributed by atoms with van der Waals surface area (Å²) in [7, 11) is 2.43. The molecule has 1 aromatic heterocycles. The number of fused-ring (bicyclic) bond motifs is 1. The molecule has 11 heteroatoms. The molecule has 3 aromatic rings. The highest BCUT2D eigenvalue weighted by molar-refractivity contribution is 6.39. The van der Waals surface area contributed by atoms with Crippen molar-refractivity contribution in [1.82, 2.24) is 10.2 Å². The lowest BCUT2D eigenvalue weighted by Gasteiger charge is -2.33. The highest BCUT2D eigenvalue weighted by atomic mass is 35.5. The Bertz CT molecular complexity index is 1430. The van der Waals surface area contributed by atoms with Crippen LogP contribution in [0.1, 0.15) is 52.4 Å². The molecule has 1 saturated carbocycles. The van der Waals surface area contributed by atoms with Gasteiger partial charge in [-0.15, -0.1) is 4.99 Å². The van der Waals surface area contributed by atoms with Gasteiger partial charge in [-0.3, -0.25) is 4.79 Å². The van der Waals surface area contributed by atoms with Gasteiger partial charge in [-0.25, -0.2) is 4.89 Å². The lowest BCUT2D eigenvalue weighted by atomic mass is 10.0. The fourth-order valence-electron chi connectivity index (χ4n) is 4.76. The highest BCUT2D eigenvalue weighted by Crippen LogP contribution is 2.46. The van der Waals surface area contributed by atoms with Crippen LogP contribution in [0.15, 0.2) is 64.5 Å². The second-order valence-electron chi connectivity index (χ2n) is 9.27. The van der Waals surface area contributed by atoms with Crippen LogP contribution in [0.5, 0.6) is 5.75 Å². The number of hydroxylamine groups is 2. The van der Waals surface area contributed by atoms with Crippen molar-refractivity contribution in [2.75, 3.05) is 14.2 Å². The number of benzene rings is 2. The van der Waals surface area contributed by atoms with E-state index in [0.717, 1.165) is 48.8 Å². The van der Waals surface area contributed by atoms with Gasteiger partial charge in [0.2, 0.25) is 0 Å². The first-order chi connectivity index (χ1) is 19.6. The maximum atomic E-state index is 11.3. The van der Waals surface area contributed by atoms with Gasteiger partial charge in [0.15, 0.2) is 6.23 Å². The molecule has 1 unspecified atom stereocenters. The third kappa shape index (κ3) is 5.67. The summed E-state index contributed by atoms with van der Waals surface area (Å²) in [6.45, 7) is 0.178. The van der Waals surface area contributed by atoms with Crippen molar-refractivity contribution >= 4 is 29.5 Å². The zero-order valence-electron chi connectivity index (χ0n) is 21.9. The maximum absolute atomic E-state index is 11.3. The molecule has 0 bridgehead atoms. The van der Waals surface area contributed by atoms with Crippen molar-refractivity contribution < 1.29 is 33.8 Å². The van der Waals surface area contributed by atoms with Gasteiger partial charge >= 0.3 is 0 Å². The van der Waals surface area contributed by atoms with E-state index < -0.39 is 6.23 Å². The van der Waals surface area contributed by atoms with Gasteiger partial charge in [0.1, 0.15) is 29.2 Å². The molecular weight excluding hydrogens is 559 g/mol. The fraction of sp³-hybridized carbons (Fsp3) is 0.310. The molecule has 6 rings (SSSR count). The number of ether oxygens (including phenoxy) is 2. The van der Waals surface area contributed by atoms with Gasteiger partial charge < -0.3 is 19.1 Å². The number of halogens is 2. The van der Waals surface area contributed by atoms with Gasteiger partial charge in [-0.05, 0) is 61.6 Å². The molecule has 1 atom stereocenters. The first-order valence-electron chi connectivity index (χ1n) is 12.7. The Balaban J connectivity index is 0.00000158. The van der Waals surface area contributed by atoms with Gasteiger partial charge in [0.05, 0.1) is 29.5 Å². The molecule has 210 valence electrons. The van der Waals surface area contributed by atoms with Crippen LogP contribution in [0.3, 0.4) is 0 Å². The largest absolute Gasteiger partial charge is 0.455 e. The summed E-state index contributed by atoms with van der Waals surface area (Å²) >= 11 is 13.0. The van der Waals surface area contributed by atoms with Crippen molar-refractivity contribution in [2.45, 2.75) is 44.4 Å². The standard InChI is InChI=1S/C28H24Cl2N2O6.CH4O/c1-34-38-32-22-10-9-17-6-5-16(14-33)13-24(17)36-23(22)11-12-25(32)35-15-19-27(31-37-28(19)18-7-8-18)26-20(29)3-2-4-21(26)30;1-2/h2-6,11-14,18,25H,7-10,15H2,1H3;2H,1H3. The van der Waals surface area contributed by atoms with Crippen LogP contribution in [-0.4, -0.2) is 42.1 Å². The molecule has 0 amide bonds. The van der Waals surface area contributed by atoms with Crippen molar-refractivity contribution in [2.24, 2.45) is 0 Å². The van der Waals surface area contributed by atoms with Crippen LogP contribution in [0.4, 0.5) is 0 Å². The Morgan fingerprint density at radius 1 is 1.15 bits per heavy atom. The molecule has 40 heavy (non-hydrogen) atoms. The molecule has 0 spiro atoms. The normalized spacial score (nSPS) is 17.8. The van der Waals surface area contributed by atoms with Crippen molar-refractivity contribution in [3.05, 3.63) is 92.5 Å². The van der Waals surface area contributed by atoms with Crippen LogP contribution in [0, 0.1) is 0 Å². The smallest absolute Gasteiger partial charge is 0.176 e. The predicted octanol–water partition coefficient (Wildman–Crippen LogP) is 6.39. The summed E-state index contributed by atoms with van der Waals surface area (Å²) < 4.78 is 18.3. The number of aliphatic hydroxyl groups is 1. The summed E-state index contributed by atoms with van der Waals surface area (Å²) in [6.07, 6.45) is 7.19. The van der Waals surface area contributed by atoms with Crippen LogP contribution in [0.2, 0.25) is 10.0 Å². The van der Waals surface area contributed by atoms with Gasteiger partial charge in [-0.1, -0.05) is 46.6 Å². The van der Waals surface area contributed by atoms with E-state index in [1.807, 2.05) is 18.2 Å². The Kier molecular flexibility index (Phi) is 8.90. The van der Waals surface area contributed by atoms with Gasteiger partial charge in [0.25, 0.3) is 0 Å². The minimum atomic E-state index is -0.624. The van der Waals surface area contributed by atoms with Crippen LogP contribution < -0.4 is 4.74 Å². The van der Waals surface area contributed by atoms with E-state index in [2.05, 4.69) is 5.16 Å². The van der Waals surface area contributed by atoms with E-state index in [1.165, 1.54) is 7.11 Å². The second-order valence-corrected chi connectivity index (χ2v) is 10.1. The number of hydrogen-bond donors (Lipinski definition) is 1. The van der Waals surface area contributed by atoms with E-state index in [-0.39, 0.29) is 6.61 Å². The summed E-state index contributed by atoms with van der Waals surface area (Å²) in [5, 5.41) is 13.9. The summed E-state index contributed by atoms with van der Waals surface area (Å²) in [5.74, 6) is 2.31. The van der Waals surface area contributed by atoms with Crippen molar-refractivity contribution in [1.29, 1.82) is 0 Å². The minimum Gasteiger partial charge on any atom is -0.455 e. The molecule has 1 fully saturated rings. The third-order valence-corrected chi connectivity index (χ3v) is 7.42. The van der Waals surface area contributed by atoms with E-state index in [9.17, 15) is 4.79 Å². The Hall–Kier alpha value is -3.18. The number of carbonyl (C=O) groups is 1. The number of aldehydes is 1. The van der Waals surface area contributed by atoms with Crippen LogP contribution in [-0.2, 0) is 27.6 Å². The molecule has 9 nitrogen and oxygen atoms in total. The Morgan fingerprint density at radius 3 is 2.62 bits per heavy atom. The zero-order chi connectivity index (χ0) is 28.2. The molecule has 3 aliphatic rings. The lowest BCUT2D eigenvalue weighted by Crippen LogP contribution is -2.38. The van der Waals surface area contributed by atoms with Gasteiger partial charge in [-0.2, -0.15) is 5.06 Å². The number of hydrogen-bond acceptors (Lipinski definition) is 9. The zero-order valence-corrected chi connectivity index (χ0v) is 23.4. The molecule has 1 N–H and O–H groups in total. The number of aryl methyl sites for hydroxylation is 1. The molecule has 2 aromatic carbocycles. The number of nitrogens with zero attached hydrogens (tertiary/aromatic N) is 2. The van der Waals surface area contributed by atoms with Crippen LogP contribution in [0.25, 0.3) is 11.3 Å². The minimum absolute atomic E-state index is 0.178. The topological polar surface area (TPSA) is 103 Å².